The number of carbonyl (C=O) groups excluding carboxylic acids is 1. The summed E-state index contributed by atoms with van der Waals surface area (Å²) in [5.74, 6) is 0.484. The summed E-state index contributed by atoms with van der Waals surface area (Å²) in [4.78, 5) is 30.8. The Morgan fingerprint density at radius 1 is 1.14 bits per heavy atom. The number of hydrogen-bond donors (Lipinski definition) is 1. The first-order chi connectivity index (χ1) is 10.8. The first-order valence-electron chi connectivity index (χ1n) is 7.44. The van der Waals surface area contributed by atoms with Gasteiger partial charge < -0.3 is 10.2 Å². The summed E-state index contributed by atoms with van der Waals surface area (Å²) >= 11 is 0. The number of rotatable bonds is 4. The molecule has 0 spiro atoms. The second-order valence-corrected chi connectivity index (χ2v) is 5.17. The molecule has 0 radical (unpaired) electrons. The van der Waals surface area contributed by atoms with E-state index in [0.29, 0.717) is 12.2 Å². The molecule has 3 heterocycles. The van der Waals surface area contributed by atoms with Crippen LogP contribution in [0.4, 0.5) is 5.95 Å². The highest BCUT2D eigenvalue weighted by atomic mass is 16.1. The lowest BCUT2D eigenvalue weighted by Gasteiger charge is -2.26. The number of hydrogen-bond acceptors (Lipinski definition) is 6. The number of carbonyl (C=O) groups is 1. The van der Waals surface area contributed by atoms with E-state index in [1.165, 1.54) is 37.9 Å². The van der Waals surface area contributed by atoms with E-state index in [4.69, 9.17) is 0 Å². The van der Waals surface area contributed by atoms with Crippen LogP contribution in [-0.4, -0.2) is 38.9 Å². The van der Waals surface area contributed by atoms with E-state index in [-0.39, 0.29) is 5.91 Å². The Labute approximate surface area is 128 Å². The highest BCUT2D eigenvalue weighted by Crippen LogP contribution is 2.15. The lowest BCUT2D eigenvalue weighted by molar-refractivity contribution is 0.0945. The van der Waals surface area contributed by atoms with E-state index in [1.807, 2.05) is 6.07 Å². The van der Waals surface area contributed by atoms with Crippen LogP contribution >= 0.6 is 0 Å². The van der Waals surface area contributed by atoms with E-state index in [9.17, 15) is 4.79 Å². The third-order valence-electron chi connectivity index (χ3n) is 3.57. The van der Waals surface area contributed by atoms with Gasteiger partial charge >= 0.3 is 0 Å². The number of aromatic nitrogens is 4. The first-order valence-corrected chi connectivity index (χ1v) is 7.44. The molecule has 1 saturated heterocycles. The normalized spacial score (nSPS) is 14.6. The van der Waals surface area contributed by atoms with Gasteiger partial charge in [-0.25, -0.2) is 15.0 Å². The van der Waals surface area contributed by atoms with E-state index >= 15 is 0 Å². The molecule has 0 atom stereocenters. The zero-order valence-corrected chi connectivity index (χ0v) is 12.3. The topological polar surface area (TPSA) is 83.9 Å². The van der Waals surface area contributed by atoms with Gasteiger partial charge in [-0.1, -0.05) is 0 Å². The summed E-state index contributed by atoms with van der Waals surface area (Å²) in [5, 5.41) is 2.80. The first kappa shape index (κ1) is 14.4. The van der Waals surface area contributed by atoms with Crippen molar-refractivity contribution in [2.75, 3.05) is 18.0 Å². The van der Waals surface area contributed by atoms with Gasteiger partial charge in [0.15, 0.2) is 0 Å². The standard InChI is InChI=1S/C15H18N6O/c22-14(13-11-16-6-7-17-13)19-10-12-4-5-18-15(20-12)21-8-2-1-3-9-21/h4-7,11H,1-3,8-10H2,(H,19,22). The maximum atomic E-state index is 11.9. The molecule has 0 aromatic carbocycles. The van der Waals surface area contributed by atoms with Gasteiger partial charge in [-0.05, 0) is 25.3 Å². The SMILES string of the molecule is O=C(NCc1ccnc(N2CCCCC2)n1)c1cnccn1. The van der Waals surface area contributed by atoms with Crippen LogP contribution < -0.4 is 10.2 Å². The minimum Gasteiger partial charge on any atom is -0.345 e. The predicted octanol–water partition coefficient (Wildman–Crippen LogP) is 1.19. The molecule has 1 fully saturated rings. The fourth-order valence-electron chi connectivity index (χ4n) is 2.41. The Balaban J connectivity index is 1.62. The van der Waals surface area contributed by atoms with Crippen LogP contribution in [0, 0.1) is 0 Å². The summed E-state index contributed by atoms with van der Waals surface area (Å²) in [6.07, 6.45) is 9.83. The second-order valence-electron chi connectivity index (χ2n) is 5.17. The Kier molecular flexibility index (Phi) is 4.53. The second kappa shape index (κ2) is 6.93. The number of nitrogens with one attached hydrogen (secondary N) is 1. The third-order valence-corrected chi connectivity index (χ3v) is 3.57. The number of nitrogens with zero attached hydrogens (tertiary/aromatic N) is 5. The maximum absolute atomic E-state index is 11.9. The molecule has 1 amide bonds. The van der Waals surface area contributed by atoms with E-state index in [0.717, 1.165) is 24.7 Å². The van der Waals surface area contributed by atoms with Crippen LogP contribution in [0.3, 0.4) is 0 Å². The predicted molar refractivity (Wildman–Crippen MR) is 81.3 cm³/mol. The Hall–Kier alpha value is -2.57. The quantitative estimate of drug-likeness (QED) is 0.912. The highest BCUT2D eigenvalue weighted by molar-refractivity contribution is 5.91. The fraction of sp³-hybridized carbons (Fsp3) is 0.400. The van der Waals surface area contributed by atoms with Crippen LogP contribution in [-0.2, 0) is 6.54 Å². The minimum atomic E-state index is -0.258. The van der Waals surface area contributed by atoms with Gasteiger partial charge in [0, 0.05) is 31.7 Å². The van der Waals surface area contributed by atoms with E-state index in [2.05, 4.69) is 30.2 Å². The molecular weight excluding hydrogens is 280 g/mol. The van der Waals surface area contributed by atoms with Crippen molar-refractivity contribution in [3.8, 4) is 0 Å². The molecule has 2 aromatic heterocycles. The number of piperidine rings is 1. The van der Waals surface area contributed by atoms with Crippen molar-refractivity contribution in [3.63, 3.8) is 0 Å². The molecule has 114 valence electrons. The van der Waals surface area contributed by atoms with Gasteiger partial charge in [-0.2, -0.15) is 0 Å². The van der Waals surface area contributed by atoms with E-state index in [1.54, 1.807) is 6.20 Å². The zero-order valence-electron chi connectivity index (χ0n) is 12.3. The fourth-order valence-corrected chi connectivity index (χ4v) is 2.41. The van der Waals surface area contributed by atoms with Crippen molar-refractivity contribution in [1.82, 2.24) is 25.3 Å². The lowest BCUT2D eigenvalue weighted by atomic mass is 10.1. The number of amides is 1. The largest absolute Gasteiger partial charge is 0.345 e. The van der Waals surface area contributed by atoms with Gasteiger partial charge in [-0.15, -0.1) is 0 Å². The summed E-state index contributed by atoms with van der Waals surface area (Å²) in [6, 6.07) is 1.81. The molecule has 1 aliphatic rings. The number of anilines is 1. The van der Waals surface area contributed by atoms with Gasteiger partial charge in [-0.3, -0.25) is 9.78 Å². The van der Waals surface area contributed by atoms with E-state index < -0.39 is 0 Å². The zero-order chi connectivity index (χ0) is 15.2. The van der Waals surface area contributed by atoms with Gasteiger partial charge in [0.2, 0.25) is 5.95 Å². The molecule has 2 aromatic rings. The summed E-state index contributed by atoms with van der Waals surface area (Å²) in [6.45, 7) is 2.34. The minimum absolute atomic E-state index is 0.258. The highest BCUT2D eigenvalue weighted by Gasteiger charge is 2.14. The van der Waals surface area contributed by atoms with Crippen molar-refractivity contribution in [2.24, 2.45) is 0 Å². The van der Waals surface area contributed by atoms with Crippen molar-refractivity contribution < 1.29 is 4.79 Å². The smallest absolute Gasteiger partial charge is 0.271 e. The molecule has 7 nitrogen and oxygen atoms in total. The Bertz CT molecular complexity index is 627. The average molecular weight is 298 g/mol. The molecule has 0 unspecified atom stereocenters. The Morgan fingerprint density at radius 2 is 2.00 bits per heavy atom. The van der Waals surface area contributed by atoms with Crippen molar-refractivity contribution >= 4 is 11.9 Å². The van der Waals surface area contributed by atoms with Crippen molar-refractivity contribution in [2.45, 2.75) is 25.8 Å². The third kappa shape index (κ3) is 3.55. The molecule has 0 aliphatic carbocycles. The molecule has 0 saturated carbocycles. The van der Waals surface area contributed by atoms with Crippen LogP contribution in [0.25, 0.3) is 0 Å². The summed E-state index contributed by atoms with van der Waals surface area (Å²) < 4.78 is 0. The summed E-state index contributed by atoms with van der Waals surface area (Å²) in [5.41, 5.74) is 1.08. The van der Waals surface area contributed by atoms with Crippen LogP contribution in [0.1, 0.15) is 35.4 Å². The molecule has 3 rings (SSSR count). The molecular formula is C15H18N6O. The Morgan fingerprint density at radius 3 is 2.77 bits per heavy atom. The maximum Gasteiger partial charge on any atom is 0.271 e. The van der Waals surface area contributed by atoms with Gasteiger partial charge in [0.1, 0.15) is 5.69 Å². The van der Waals surface area contributed by atoms with Crippen LogP contribution in [0.5, 0.6) is 0 Å². The van der Waals surface area contributed by atoms with Crippen LogP contribution in [0.2, 0.25) is 0 Å². The molecule has 22 heavy (non-hydrogen) atoms. The molecule has 1 N–H and O–H groups in total. The summed E-state index contributed by atoms with van der Waals surface area (Å²) in [7, 11) is 0. The van der Waals surface area contributed by atoms with Gasteiger partial charge in [0.25, 0.3) is 5.91 Å². The average Bonchev–Trinajstić information content (AvgIpc) is 2.61. The molecule has 7 heteroatoms. The molecule has 1 aliphatic heterocycles. The molecule has 0 bridgehead atoms. The van der Waals surface area contributed by atoms with Gasteiger partial charge in [0.05, 0.1) is 18.4 Å². The monoisotopic (exact) mass is 298 g/mol. The van der Waals surface area contributed by atoms with Crippen molar-refractivity contribution in [1.29, 1.82) is 0 Å². The van der Waals surface area contributed by atoms with Crippen LogP contribution in [0.15, 0.2) is 30.9 Å². The van der Waals surface area contributed by atoms with Crippen molar-refractivity contribution in [3.05, 3.63) is 42.2 Å². The lowest BCUT2D eigenvalue weighted by Crippen LogP contribution is -2.31.